The number of carbonyl (C=O) groups excluding carboxylic acids is 2. The van der Waals surface area contributed by atoms with Gasteiger partial charge in [-0.15, -0.1) is 0 Å². The first-order valence-corrected chi connectivity index (χ1v) is 11.1. The lowest BCUT2D eigenvalue weighted by Crippen LogP contribution is -2.45. The number of hydrogen-bond donors (Lipinski definition) is 0. The summed E-state index contributed by atoms with van der Waals surface area (Å²) in [6.45, 7) is 5.37. The quantitative estimate of drug-likeness (QED) is 0.762. The zero-order valence-corrected chi connectivity index (χ0v) is 17.3. The lowest BCUT2D eigenvalue weighted by atomic mass is 9.98. The molecule has 0 bridgehead atoms. The van der Waals surface area contributed by atoms with Crippen molar-refractivity contribution in [2.75, 3.05) is 32.8 Å². The van der Waals surface area contributed by atoms with Gasteiger partial charge < -0.3 is 19.3 Å². The molecule has 0 aliphatic carbocycles. The lowest BCUT2D eigenvalue weighted by Gasteiger charge is -2.30. The van der Waals surface area contributed by atoms with Crippen molar-refractivity contribution in [2.45, 2.75) is 57.6 Å². The summed E-state index contributed by atoms with van der Waals surface area (Å²) in [7, 11) is 0. The Morgan fingerprint density at radius 1 is 1.14 bits per heavy atom. The number of amides is 2. The number of ether oxygens (including phenoxy) is 2. The Labute approximate surface area is 173 Å². The average Bonchev–Trinajstić information content (AvgIpc) is 3.35. The van der Waals surface area contributed by atoms with Crippen LogP contribution >= 0.6 is 0 Å². The van der Waals surface area contributed by atoms with Gasteiger partial charge in [0.2, 0.25) is 5.91 Å². The van der Waals surface area contributed by atoms with E-state index in [1.54, 1.807) is 0 Å². The minimum absolute atomic E-state index is 0.0272. The third-order valence-electron chi connectivity index (χ3n) is 6.49. The molecule has 0 N–H and O–H groups in total. The molecule has 29 heavy (non-hydrogen) atoms. The predicted molar refractivity (Wildman–Crippen MR) is 110 cm³/mol. The molecule has 3 aliphatic heterocycles. The minimum Gasteiger partial charge on any atom is -0.493 e. The van der Waals surface area contributed by atoms with Crippen LogP contribution in [0.5, 0.6) is 5.75 Å². The molecule has 3 heterocycles. The van der Waals surface area contributed by atoms with E-state index in [4.69, 9.17) is 9.47 Å². The number of fused-ring (bicyclic) bond motifs is 1. The number of carbonyl (C=O) groups is 2. The molecule has 1 aromatic carbocycles. The van der Waals surface area contributed by atoms with Crippen LogP contribution in [0.4, 0.5) is 0 Å². The molecular formula is C23H32N2O4. The third kappa shape index (κ3) is 4.42. The van der Waals surface area contributed by atoms with Gasteiger partial charge in [0, 0.05) is 26.2 Å². The molecule has 3 atom stereocenters. The predicted octanol–water partition coefficient (Wildman–Crippen LogP) is 3.11. The van der Waals surface area contributed by atoms with Gasteiger partial charge in [-0.05, 0) is 50.7 Å². The molecule has 3 aliphatic rings. The monoisotopic (exact) mass is 400 g/mol. The van der Waals surface area contributed by atoms with Crippen LogP contribution in [0.3, 0.4) is 0 Å². The van der Waals surface area contributed by atoms with Crippen LogP contribution in [0.1, 0.15) is 55.8 Å². The van der Waals surface area contributed by atoms with Crippen LogP contribution in [-0.4, -0.2) is 66.6 Å². The Hall–Kier alpha value is -2.08. The van der Waals surface area contributed by atoms with Crippen molar-refractivity contribution in [3.8, 4) is 5.75 Å². The smallest absolute Gasteiger partial charge is 0.257 e. The Kier molecular flexibility index (Phi) is 6.38. The highest BCUT2D eigenvalue weighted by Gasteiger charge is 2.42. The summed E-state index contributed by atoms with van der Waals surface area (Å²) in [5, 5.41) is 0. The molecule has 1 aromatic rings. The molecule has 0 radical (unpaired) electrons. The number of rotatable bonds is 5. The van der Waals surface area contributed by atoms with Gasteiger partial charge in [0.1, 0.15) is 5.75 Å². The second kappa shape index (κ2) is 9.16. The van der Waals surface area contributed by atoms with E-state index >= 15 is 0 Å². The van der Waals surface area contributed by atoms with Gasteiger partial charge in [0.25, 0.3) is 5.91 Å². The molecule has 0 spiro atoms. The summed E-state index contributed by atoms with van der Waals surface area (Å²) in [6.07, 6.45) is 5.76. The van der Waals surface area contributed by atoms with Crippen LogP contribution in [-0.2, 0) is 9.53 Å². The fraction of sp³-hybridized carbons (Fsp3) is 0.652. The van der Waals surface area contributed by atoms with E-state index in [2.05, 4.69) is 0 Å². The average molecular weight is 401 g/mol. The highest BCUT2D eigenvalue weighted by Crippen LogP contribution is 2.33. The molecular weight excluding hydrogens is 368 g/mol. The molecule has 4 rings (SSSR count). The Morgan fingerprint density at radius 2 is 2.00 bits per heavy atom. The largest absolute Gasteiger partial charge is 0.493 e. The molecule has 3 saturated heterocycles. The van der Waals surface area contributed by atoms with E-state index in [1.807, 2.05) is 41.0 Å². The van der Waals surface area contributed by atoms with E-state index in [9.17, 15) is 9.59 Å². The molecule has 158 valence electrons. The first kappa shape index (κ1) is 20.2. The maximum absolute atomic E-state index is 13.5. The van der Waals surface area contributed by atoms with Gasteiger partial charge in [0.15, 0.2) is 0 Å². The van der Waals surface area contributed by atoms with Crippen molar-refractivity contribution in [3.05, 3.63) is 29.8 Å². The van der Waals surface area contributed by atoms with Crippen LogP contribution in [0, 0.1) is 5.92 Å². The maximum atomic E-state index is 13.5. The van der Waals surface area contributed by atoms with E-state index in [0.717, 1.165) is 51.8 Å². The summed E-state index contributed by atoms with van der Waals surface area (Å²) in [6, 6.07) is 7.58. The summed E-state index contributed by atoms with van der Waals surface area (Å²) in [5.41, 5.74) is 0.624. The van der Waals surface area contributed by atoms with E-state index < -0.39 is 0 Å². The summed E-state index contributed by atoms with van der Waals surface area (Å²) in [4.78, 5) is 30.3. The van der Waals surface area contributed by atoms with Crippen molar-refractivity contribution < 1.29 is 19.1 Å². The topological polar surface area (TPSA) is 59.1 Å². The minimum atomic E-state index is 0.0272. The maximum Gasteiger partial charge on any atom is 0.257 e. The number of hydrogen-bond acceptors (Lipinski definition) is 4. The normalized spacial score (nSPS) is 26.9. The van der Waals surface area contributed by atoms with E-state index in [-0.39, 0.29) is 24.0 Å². The van der Waals surface area contributed by atoms with Gasteiger partial charge in [-0.3, -0.25) is 9.59 Å². The van der Waals surface area contributed by atoms with Crippen molar-refractivity contribution in [3.63, 3.8) is 0 Å². The van der Waals surface area contributed by atoms with Gasteiger partial charge >= 0.3 is 0 Å². The fourth-order valence-electron chi connectivity index (χ4n) is 5.01. The number of nitrogens with zero attached hydrogens (tertiary/aromatic N) is 2. The number of likely N-dealkylation sites (tertiary alicyclic amines) is 2. The first-order chi connectivity index (χ1) is 14.2. The Bertz CT molecular complexity index is 731. The molecule has 0 aromatic heterocycles. The van der Waals surface area contributed by atoms with Crippen molar-refractivity contribution in [1.82, 2.24) is 9.80 Å². The molecule has 0 unspecified atom stereocenters. The molecule has 2 amide bonds. The van der Waals surface area contributed by atoms with Crippen LogP contribution in [0.2, 0.25) is 0 Å². The zero-order valence-electron chi connectivity index (χ0n) is 17.3. The van der Waals surface area contributed by atoms with Gasteiger partial charge in [-0.2, -0.15) is 0 Å². The summed E-state index contributed by atoms with van der Waals surface area (Å²) in [5.74, 6) is 1.20. The number of para-hydroxylation sites is 1. The highest BCUT2D eigenvalue weighted by molar-refractivity contribution is 5.97. The molecule has 0 saturated carbocycles. The van der Waals surface area contributed by atoms with Gasteiger partial charge in [-0.25, -0.2) is 0 Å². The number of benzene rings is 1. The van der Waals surface area contributed by atoms with E-state index in [1.165, 1.54) is 0 Å². The molecule has 6 heteroatoms. The zero-order chi connectivity index (χ0) is 20.2. The second-order valence-corrected chi connectivity index (χ2v) is 8.39. The van der Waals surface area contributed by atoms with Gasteiger partial charge in [-0.1, -0.05) is 18.6 Å². The van der Waals surface area contributed by atoms with Crippen LogP contribution < -0.4 is 4.74 Å². The van der Waals surface area contributed by atoms with E-state index in [0.29, 0.717) is 36.8 Å². The van der Waals surface area contributed by atoms with Gasteiger partial charge in [0.05, 0.1) is 30.7 Å². The van der Waals surface area contributed by atoms with Crippen LogP contribution in [0.25, 0.3) is 0 Å². The lowest BCUT2D eigenvalue weighted by molar-refractivity contribution is -0.132. The Balaban J connectivity index is 1.49. The van der Waals surface area contributed by atoms with Crippen LogP contribution in [0.15, 0.2) is 24.3 Å². The fourth-order valence-corrected chi connectivity index (χ4v) is 5.01. The van der Waals surface area contributed by atoms with Crippen molar-refractivity contribution in [1.29, 1.82) is 0 Å². The molecule has 3 fully saturated rings. The summed E-state index contributed by atoms with van der Waals surface area (Å²) >= 11 is 0. The SMILES string of the molecule is CCOc1ccccc1C(=O)N1CCCC[C@H]2CN(C(=O)C[C@H]3CCCO3)C[C@H]21. The first-order valence-electron chi connectivity index (χ1n) is 11.1. The highest BCUT2D eigenvalue weighted by atomic mass is 16.5. The standard InChI is InChI=1S/C23H32N2O4/c1-2-28-21-11-4-3-10-19(21)23(27)25-12-6-5-8-17-15-24(16-20(17)25)22(26)14-18-9-7-13-29-18/h3-4,10-11,17-18,20H,2,5-9,12-16H2,1H3/t17-,18+,20+/m0/s1. The second-order valence-electron chi connectivity index (χ2n) is 8.39. The Morgan fingerprint density at radius 3 is 2.79 bits per heavy atom. The van der Waals surface area contributed by atoms with Crippen molar-refractivity contribution in [2.24, 2.45) is 5.92 Å². The molecule has 6 nitrogen and oxygen atoms in total. The third-order valence-corrected chi connectivity index (χ3v) is 6.49. The van der Waals surface area contributed by atoms with Crippen molar-refractivity contribution >= 4 is 11.8 Å². The summed E-state index contributed by atoms with van der Waals surface area (Å²) < 4.78 is 11.3.